The lowest BCUT2D eigenvalue weighted by Crippen LogP contribution is -2.56. The Labute approximate surface area is 193 Å². The van der Waals surface area contributed by atoms with Gasteiger partial charge in [0, 0.05) is 52.4 Å². The number of piperidine rings is 1. The first kappa shape index (κ1) is 23.6. The Bertz CT molecular complexity index is 914. The van der Waals surface area contributed by atoms with Gasteiger partial charge in [0.25, 0.3) is 5.91 Å². The first-order chi connectivity index (χ1) is 15.4. The molecule has 1 atom stereocenters. The highest BCUT2D eigenvalue weighted by molar-refractivity contribution is 7.89. The third-order valence-corrected chi connectivity index (χ3v) is 9.56. The van der Waals surface area contributed by atoms with Crippen molar-refractivity contribution in [2.75, 3.05) is 65.6 Å². The van der Waals surface area contributed by atoms with Crippen LogP contribution in [0.15, 0.2) is 16.3 Å². The molecule has 1 aromatic rings. The highest BCUT2D eigenvalue weighted by Gasteiger charge is 2.35. The standard InChI is InChI=1S/C21H32N4O5S2/c1-17(20(26)23-6-3-2-4-7-23)22-8-10-24(11-9-22)21(27)19-18(5-16-31-19)32(28,29)25-12-14-30-15-13-25/h5,16-17H,2-4,6-15H2,1H3/t17-/m0/s1. The van der Waals surface area contributed by atoms with E-state index in [1.54, 1.807) is 10.3 Å². The van der Waals surface area contributed by atoms with E-state index in [0.717, 1.165) is 25.9 Å². The van der Waals surface area contributed by atoms with Gasteiger partial charge >= 0.3 is 0 Å². The van der Waals surface area contributed by atoms with E-state index in [2.05, 4.69) is 4.90 Å². The van der Waals surface area contributed by atoms with Crippen LogP contribution in [0.1, 0.15) is 35.9 Å². The zero-order valence-corrected chi connectivity index (χ0v) is 20.2. The van der Waals surface area contributed by atoms with Crippen LogP contribution in [0.3, 0.4) is 0 Å². The molecule has 178 valence electrons. The number of hydrogen-bond acceptors (Lipinski definition) is 7. The van der Waals surface area contributed by atoms with Crippen molar-refractivity contribution in [3.63, 3.8) is 0 Å². The van der Waals surface area contributed by atoms with E-state index in [1.165, 1.54) is 28.1 Å². The highest BCUT2D eigenvalue weighted by atomic mass is 32.2. The molecule has 0 N–H and O–H groups in total. The summed E-state index contributed by atoms with van der Waals surface area (Å²) in [4.78, 5) is 32.2. The Morgan fingerprint density at radius 1 is 0.938 bits per heavy atom. The van der Waals surface area contributed by atoms with Gasteiger partial charge in [-0.3, -0.25) is 14.5 Å². The predicted octanol–water partition coefficient (Wildman–Crippen LogP) is 0.928. The van der Waals surface area contributed by atoms with Gasteiger partial charge in [-0.25, -0.2) is 8.42 Å². The van der Waals surface area contributed by atoms with Crippen LogP contribution in [0, 0.1) is 0 Å². The summed E-state index contributed by atoms with van der Waals surface area (Å²) in [6, 6.07) is 1.32. The minimum atomic E-state index is -3.73. The molecule has 0 unspecified atom stereocenters. The van der Waals surface area contributed by atoms with Gasteiger partial charge in [0.15, 0.2) is 0 Å². The molecule has 0 bridgehead atoms. The summed E-state index contributed by atoms with van der Waals surface area (Å²) >= 11 is 1.17. The number of ether oxygens (including phenoxy) is 1. The van der Waals surface area contributed by atoms with Crippen LogP contribution in [-0.2, 0) is 19.6 Å². The summed E-state index contributed by atoms with van der Waals surface area (Å²) in [5.41, 5.74) is 0. The fourth-order valence-corrected chi connectivity index (χ4v) is 7.34. The summed E-state index contributed by atoms with van der Waals surface area (Å²) in [6.07, 6.45) is 3.32. The van der Waals surface area contributed by atoms with Gasteiger partial charge in [0.1, 0.15) is 9.77 Å². The van der Waals surface area contributed by atoms with E-state index in [1.807, 2.05) is 11.8 Å². The number of rotatable bonds is 5. The number of amides is 2. The van der Waals surface area contributed by atoms with Crippen LogP contribution in [-0.4, -0.2) is 111 Å². The molecule has 1 aromatic heterocycles. The number of carbonyl (C=O) groups excluding carboxylic acids is 2. The molecular weight excluding hydrogens is 452 g/mol. The van der Waals surface area contributed by atoms with Crippen LogP contribution in [0.25, 0.3) is 0 Å². The van der Waals surface area contributed by atoms with Crippen molar-refractivity contribution in [1.82, 2.24) is 19.0 Å². The Balaban J connectivity index is 1.38. The van der Waals surface area contributed by atoms with Gasteiger partial charge in [-0.05, 0) is 37.6 Å². The third kappa shape index (κ3) is 4.86. The van der Waals surface area contributed by atoms with Gasteiger partial charge < -0.3 is 14.5 Å². The number of thiophene rings is 1. The molecule has 0 radical (unpaired) electrons. The number of likely N-dealkylation sites (tertiary alicyclic amines) is 1. The number of morpholine rings is 1. The van der Waals surface area contributed by atoms with E-state index in [0.29, 0.717) is 52.5 Å². The summed E-state index contributed by atoms with van der Waals surface area (Å²) in [5.74, 6) is -0.0804. The van der Waals surface area contributed by atoms with E-state index in [4.69, 9.17) is 4.74 Å². The number of piperazine rings is 1. The molecule has 2 amide bonds. The van der Waals surface area contributed by atoms with Crippen molar-refractivity contribution >= 4 is 33.2 Å². The van der Waals surface area contributed by atoms with Crippen molar-refractivity contribution in [2.24, 2.45) is 0 Å². The molecule has 0 aliphatic carbocycles. The topological polar surface area (TPSA) is 90.5 Å². The second-order valence-electron chi connectivity index (χ2n) is 8.52. The zero-order chi connectivity index (χ0) is 22.7. The third-order valence-electron chi connectivity index (χ3n) is 6.59. The fourth-order valence-electron chi connectivity index (χ4n) is 4.57. The lowest BCUT2D eigenvalue weighted by atomic mass is 10.1. The Kier molecular flexibility index (Phi) is 7.51. The molecule has 32 heavy (non-hydrogen) atoms. The maximum atomic E-state index is 13.2. The monoisotopic (exact) mass is 484 g/mol. The summed E-state index contributed by atoms with van der Waals surface area (Å²) < 4.78 is 32.8. The van der Waals surface area contributed by atoms with E-state index < -0.39 is 10.0 Å². The van der Waals surface area contributed by atoms with Crippen molar-refractivity contribution in [2.45, 2.75) is 37.1 Å². The van der Waals surface area contributed by atoms with Gasteiger partial charge in [-0.15, -0.1) is 11.3 Å². The normalized spacial score (nSPS) is 22.7. The first-order valence-corrected chi connectivity index (χ1v) is 13.7. The van der Waals surface area contributed by atoms with Crippen LogP contribution < -0.4 is 0 Å². The van der Waals surface area contributed by atoms with Crippen molar-refractivity contribution in [3.05, 3.63) is 16.3 Å². The Morgan fingerprint density at radius 3 is 2.25 bits per heavy atom. The van der Waals surface area contributed by atoms with Crippen LogP contribution >= 0.6 is 11.3 Å². The van der Waals surface area contributed by atoms with Gasteiger partial charge in [-0.2, -0.15) is 4.31 Å². The van der Waals surface area contributed by atoms with Crippen molar-refractivity contribution in [1.29, 1.82) is 0 Å². The maximum Gasteiger partial charge on any atom is 0.265 e. The molecule has 9 nitrogen and oxygen atoms in total. The molecule has 0 saturated carbocycles. The molecule has 3 saturated heterocycles. The SMILES string of the molecule is C[C@@H](C(=O)N1CCCCC1)N1CCN(C(=O)c2sccc2S(=O)(=O)N2CCOCC2)CC1. The molecular formula is C21H32N4O5S2. The lowest BCUT2D eigenvalue weighted by Gasteiger charge is -2.39. The Hall–Kier alpha value is -1.53. The number of hydrogen-bond donors (Lipinski definition) is 0. The van der Waals surface area contributed by atoms with Crippen LogP contribution in [0.4, 0.5) is 0 Å². The quantitative estimate of drug-likeness (QED) is 0.618. The van der Waals surface area contributed by atoms with Gasteiger partial charge in [0.2, 0.25) is 15.9 Å². The van der Waals surface area contributed by atoms with E-state index >= 15 is 0 Å². The summed E-state index contributed by atoms with van der Waals surface area (Å²) in [6.45, 7) is 7.10. The Morgan fingerprint density at radius 2 is 1.59 bits per heavy atom. The smallest absolute Gasteiger partial charge is 0.265 e. The van der Waals surface area contributed by atoms with E-state index in [9.17, 15) is 18.0 Å². The van der Waals surface area contributed by atoms with Crippen LogP contribution in [0.2, 0.25) is 0 Å². The van der Waals surface area contributed by atoms with E-state index in [-0.39, 0.29) is 27.6 Å². The van der Waals surface area contributed by atoms with Gasteiger partial charge in [-0.1, -0.05) is 0 Å². The molecule has 0 spiro atoms. The van der Waals surface area contributed by atoms with Crippen LogP contribution in [0.5, 0.6) is 0 Å². The molecule has 4 rings (SSSR count). The average molecular weight is 485 g/mol. The van der Waals surface area contributed by atoms with Crippen molar-refractivity contribution < 1.29 is 22.7 Å². The zero-order valence-electron chi connectivity index (χ0n) is 18.6. The molecule has 3 fully saturated rings. The molecule has 3 aliphatic rings. The molecule has 0 aromatic carbocycles. The maximum absolute atomic E-state index is 13.2. The average Bonchev–Trinajstić information content (AvgIpc) is 3.35. The lowest BCUT2D eigenvalue weighted by molar-refractivity contribution is -0.137. The predicted molar refractivity (Wildman–Crippen MR) is 121 cm³/mol. The summed E-state index contributed by atoms with van der Waals surface area (Å²) in [5, 5.41) is 1.66. The largest absolute Gasteiger partial charge is 0.379 e. The second kappa shape index (κ2) is 10.2. The fraction of sp³-hybridized carbons (Fsp3) is 0.714. The molecule has 11 heteroatoms. The number of carbonyl (C=O) groups is 2. The molecule has 4 heterocycles. The van der Waals surface area contributed by atoms with Gasteiger partial charge in [0.05, 0.1) is 19.3 Å². The molecule has 3 aliphatic heterocycles. The second-order valence-corrected chi connectivity index (χ2v) is 11.3. The number of sulfonamides is 1. The number of nitrogens with zero attached hydrogens (tertiary/aromatic N) is 4. The highest BCUT2D eigenvalue weighted by Crippen LogP contribution is 2.28. The minimum absolute atomic E-state index is 0.0884. The summed E-state index contributed by atoms with van der Waals surface area (Å²) in [7, 11) is -3.73. The first-order valence-electron chi connectivity index (χ1n) is 11.4. The minimum Gasteiger partial charge on any atom is -0.379 e. The van der Waals surface area contributed by atoms with Crippen molar-refractivity contribution in [3.8, 4) is 0 Å².